The Kier molecular flexibility index (Phi) is 3.12. The molecule has 2 N–H and O–H groups in total. The molecule has 23 heavy (non-hydrogen) atoms. The molecule has 1 aromatic rings. The number of hydrogen-bond donors (Lipinski definition) is 2. The zero-order valence-electron chi connectivity index (χ0n) is 13.5. The predicted octanol–water partition coefficient (Wildman–Crippen LogP) is 3.80. The number of aromatic hydroxyl groups is 1. The topological polar surface area (TPSA) is 64.2 Å². The molecule has 0 aliphatic heterocycles. The summed E-state index contributed by atoms with van der Waals surface area (Å²) in [4.78, 5) is 0. The van der Waals surface area contributed by atoms with Crippen LogP contribution in [0.2, 0.25) is 0 Å². The van der Waals surface area contributed by atoms with Crippen LogP contribution >= 0.6 is 0 Å². The first-order valence-corrected chi connectivity index (χ1v) is 8.60. The molecular formula is C20H23NO2. The third-order valence-electron chi connectivity index (χ3n) is 6.88. The molecule has 1 fully saturated rings. The summed E-state index contributed by atoms with van der Waals surface area (Å²) in [7, 11) is 0. The molecular weight excluding hydrogens is 286 g/mol. The van der Waals surface area contributed by atoms with Gasteiger partial charge in [-0.15, -0.1) is 0 Å². The number of nitrogens with zero attached hydrogens (tertiary/aromatic N) is 1. The van der Waals surface area contributed by atoms with Gasteiger partial charge in [0.15, 0.2) is 0 Å². The molecule has 2 unspecified atom stereocenters. The Morgan fingerprint density at radius 1 is 1.35 bits per heavy atom. The van der Waals surface area contributed by atoms with E-state index in [9.17, 15) is 10.2 Å². The van der Waals surface area contributed by atoms with E-state index < -0.39 is 5.60 Å². The maximum absolute atomic E-state index is 11.1. The van der Waals surface area contributed by atoms with Gasteiger partial charge in [0.25, 0.3) is 0 Å². The van der Waals surface area contributed by atoms with Crippen LogP contribution in [0.5, 0.6) is 5.75 Å². The van der Waals surface area contributed by atoms with E-state index >= 15 is 0 Å². The highest BCUT2D eigenvalue weighted by Gasteiger charge is 2.59. The summed E-state index contributed by atoms with van der Waals surface area (Å²) in [5.41, 5.74) is 2.88. The van der Waals surface area contributed by atoms with E-state index in [4.69, 9.17) is 5.26 Å². The van der Waals surface area contributed by atoms with Crippen molar-refractivity contribution in [3.05, 3.63) is 35.4 Å². The number of aliphatic hydroxyl groups is 1. The fourth-order valence-electron chi connectivity index (χ4n) is 5.49. The lowest BCUT2D eigenvalue weighted by Gasteiger charge is -2.49. The maximum Gasteiger partial charge on any atom is 0.115 e. The number of hydrogen-bond acceptors (Lipinski definition) is 3. The van der Waals surface area contributed by atoms with E-state index in [0.29, 0.717) is 17.6 Å². The Bertz CT molecular complexity index is 732. The van der Waals surface area contributed by atoms with Crippen LogP contribution in [0.25, 0.3) is 5.57 Å². The molecule has 3 heteroatoms. The lowest BCUT2D eigenvalue weighted by atomic mass is 9.57. The van der Waals surface area contributed by atoms with Gasteiger partial charge in [-0.05, 0) is 72.8 Å². The summed E-state index contributed by atoms with van der Waals surface area (Å²) in [6.07, 6.45) is 7.16. The van der Waals surface area contributed by atoms with Crippen LogP contribution in [0.4, 0.5) is 0 Å². The predicted molar refractivity (Wildman–Crippen MR) is 88.5 cm³/mol. The van der Waals surface area contributed by atoms with Crippen LogP contribution < -0.4 is 0 Å². The number of aryl methyl sites for hydroxylation is 1. The van der Waals surface area contributed by atoms with Gasteiger partial charge in [-0.3, -0.25) is 0 Å². The highest BCUT2D eigenvalue weighted by molar-refractivity contribution is 5.73. The van der Waals surface area contributed by atoms with Gasteiger partial charge in [0, 0.05) is 5.41 Å². The molecule has 3 aliphatic rings. The lowest BCUT2D eigenvalue weighted by Crippen LogP contribution is -2.48. The van der Waals surface area contributed by atoms with Gasteiger partial charge in [0.2, 0.25) is 0 Å². The molecule has 0 saturated heterocycles. The van der Waals surface area contributed by atoms with Gasteiger partial charge in [0.05, 0.1) is 18.1 Å². The van der Waals surface area contributed by atoms with Gasteiger partial charge in [-0.1, -0.05) is 19.1 Å². The summed E-state index contributed by atoms with van der Waals surface area (Å²) in [6, 6.07) is 7.91. The molecule has 0 radical (unpaired) electrons. The smallest absolute Gasteiger partial charge is 0.115 e. The first kappa shape index (κ1) is 14.8. The molecule has 0 aromatic heterocycles. The van der Waals surface area contributed by atoms with E-state index in [1.54, 1.807) is 6.07 Å². The maximum atomic E-state index is 11.1. The monoisotopic (exact) mass is 309 g/mol. The molecule has 0 amide bonds. The van der Waals surface area contributed by atoms with Crippen LogP contribution in [0.1, 0.15) is 50.2 Å². The third kappa shape index (κ3) is 1.91. The van der Waals surface area contributed by atoms with E-state index in [1.807, 2.05) is 12.1 Å². The second kappa shape index (κ2) is 4.85. The molecule has 1 aromatic carbocycles. The fourth-order valence-corrected chi connectivity index (χ4v) is 5.49. The van der Waals surface area contributed by atoms with Crippen molar-refractivity contribution in [1.29, 1.82) is 5.26 Å². The quantitative estimate of drug-likeness (QED) is 0.829. The summed E-state index contributed by atoms with van der Waals surface area (Å²) < 4.78 is 0. The molecule has 4 atom stereocenters. The van der Waals surface area contributed by atoms with Crippen molar-refractivity contribution >= 4 is 5.57 Å². The Hall–Kier alpha value is -1.79. The largest absolute Gasteiger partial charge is 0.508 e. The summed E-state index contributed by atoms with van der Waals surface area (Å²) in [5.74, 6) is 1.26. The SMILES string of the molecule is C[C@]12CC=C3c4ccc(O)cc4CCC3C1CC[C@@]2(O)CC#N. The van der Waals surface area contributed by atoms with Crippen LogP contribution in [-0.4, -0.2) is 15.8 Å². The molecule has 0 heterocycles. The van der Waals surface area contributed by atoms with Gasteiger partial charge in [-0.2, -0.15) is 5.26 Å². The van der Waals surface area contributed by atoms with E-state index in [0.717, 1.165) is 32.1 Å². The number of phenols is 1. The second-order valence-corrected chi connectivity index (χ2v) is 7.78. The first-order valence-electron chi connectivity index (χ1n) is 8.60. The number of allylic oxidation sites excluding steroid dienone is 2. The van der Waals surface area contributed by atoms with E-state index in [2.05, 4.69) is 19.1 Å². The van der Waals surface area contributed by atoms with Crippen LogP contribution in [0, 0.1) is 28.6 Å². The van der Waals surface area contributed by atoms with Crippen molar-refractivity contribution < 1.29 is 10.2 Å². The lowest BCUT2D eigenvalue weighted by molar-refractivity contribution is -0.0724. The molecule has 3 nitrogen and oxygen atoms in total. The Morgan fingerprint density at radius 3 is 2.96 bits per heavy atom. The van der Waals surface area contributed by atoms with Gasteiger partial charge >= 0.3 is 0 Å². The molecule has 0 bridgehead atoms. The average molecular weight is 309 g/mol. The summed E-state index contributed by atoms with van der Waals surface area (Å²) in [6.45, 7) is 2.18. The Balaban J connectivity index is 1.76. The summed E-state index contributed by atoms with van der Waals surface area (Å²) >= 11 is 0. The van der Waals surface area contributed by atoms with Crippen LogP contribution in [-0.2, 0) is 6.42 Å². The number of phenolic OH excluding ortho intramolecular Hbond substituents is 1. The molecule has 3 aliphatic carbocycles. The Morgan fingerprint density at radius 2 is 2.17 bits per heavy atom. The number of nitriles is 1. The van der Waals surface area contributed by atoms with E-state index in [1.165, 1.54) is 16.7 Å². The second-order valence-electron chi connectivity index (χ2n) is 7.78. The zero-order valence-corrected chi connectivity index (χ0v) is 13.5. The fraction of sp³-hybridized carbons (Fsp3) is 0.550. The Labute approximate surface area is 137 Å². The van der Waals surface area contributed by atoms with Crippen molar-refractivity contribution in [2.24, 2.45) is 17.3 Å². The zero-order chi connectivity index (χ0) is 16.2. The molecule has 1 saturated carbocycles. The average Bonchev–Trinajstić information content (AvgIpc) is 2.79. The van der Waals surface area contributed by atoms with Gasteiger partial charge < -0.3 is 10.2 Å². The van der Waals surface area contributed by atoms with Gasteiger partial charge in [-0.25, -0.2) is 0 Å². The molecule has 120 valence electrons. The number of rotatable bonds is 1. The molecule has 4 rings (SSSR count). The minimum atomic E-state index is -0.844. The minimum Gasteiger partial charge on any atom is -0.508 e. The van der Waals surface area contributed by atoms with Crippen molar-refractivity contribution in [1.82, 2.24) is 0 Å². The minimum absolute atomic E-state index is 0.189. The van der Waals surface area contributed by atoms with Crippen molar-refractivity contribution in [3.8, 4) is 11.8 Å². The standard InChI is InChI=1S/C20H23NO2/c1-19-8-6-16-15-5-3-14(22)12-13(15)2-4-17(16)18(19)7-9-20(19,23)10-11-21/h3,5-6,12,17-18,22-23H,2,4,7-10H2,1H3/t17?,18?,19-,20+/m0/s1. The third-order valence-corrected chi connectivity index (χ3v) is 6.88. The summed E-state index contributed by atoms with van der Waals surface area (Å²) in [5, 5.41) is 29.9. The van der Waals surface area contributed by atoms with Crippen molar-refractivity contribution in [3.63, 3.8) is 0 Å². The van der Waals surface area contributed by atoms with Crippen molar-refractivity contribution in [2.75, 3.05) is 0 Å². The van der Waals surface area contributed by atoms with Crippen LogP contribution in [0.15, 0.2) is 24.3 Å². The van der Waals surface area contributed by atoms with Crippen molar-refractivity contribution in [2.45, 2.75) is 51.0 Å². The van der Waals surface area contributed by atoms with Gasteiger partial charge in [0.1, 0.15) is 5.75 Å². The molecule has 0 spiro atoms. The number of fused-ring (bicyclic) bond motifs is 5. The highest BCUT2D eigenvalue weighted by Crippen LogP contribution is 2.62. The first-order chi connectivity index (χ1) is 11.0. The normalized spacial score (nSPS) is 38.0. The van der Waals surface area contributed by atoms with E-state index in [-0.39, 0.29) is 11.8 Å². The number of benzene rings is 1. The van der Waals surface area contributed by atoms with Crippen LogP contribution in [0.3, 0.4) is 0 Å². The highest BCUT2D eigenvalue weighted by atomic mass is 16.3.